The van der Waals surface area contributed by atoms with Gasteiger partial charge in [-0.25, -0.2) is 0 Å². The molecule has 6 heteroatoms. The molecule has 1 aromatic carbocycles. The number of halogens is 3. The number of methoxy groups -OCH3 is 1. The van der Waals surface area contributed by atoms with E-state index in [0.29, 0.717) is 0 Å². The van der Waals surface area contributed by atoms with Crippen LogP contribution in [-0.2, 0) is 9.53 Å². The zero-order valence-corrected chi connectivity index (χ0v) is 11.2. The van der Waals surface area contributed by atoms with E-state index in [-0.39, 0.29) is 39.3 Å². The lowest BCUT2D eigenvalue weighted by atomic mass is 10.1. The fraction of sp³-hybridized carbons (Fsp3) is 0.273. The number of hydrogen-bond acceptors (Lipinski definition) is 3. The number of ether oxygens (including phenoxy) is 1. The van der Waals surface area contributed by atoms with E-state index in [2.05, 4.69) is 4.74 Å². The second-order valence-electron chi connectivity index (χ2n) is 3.25. The van der Waals surface area contributed by atoms with E-state index in [0.717, 1.165) is 0 Å². The van der Waals surface area contributed by atoms with Gasteiger partial charge in [0.25, 0.3) is 0 Å². The molecule has 0 aliphatic carbocycles. The highest BCUT2D eigenvalue weighted by atomic mass is 35.5. The molecule has 0 amide bonds. The Morgan fingerprint density at radius 2 is 1.65 bits per heavy atom. The number of carbonyl (C=O) groups excluding carboxylic acids is 2. The van der Waals surface area contributed by atoms with E-state index in [1.54, 1.807) is 0 Å². The molecule has 0 aromatic heterocycles. The molecule has 0 spiro atoms. The maximum atomic E-state index is 11.8. The van der Waals surface area contributed by atoms with Gasteiger partial charge >= 0.3 is 5.97 Å². The second-order valence-corrected chi connectivity index (χ2v) is 4.47. The average molecular weight is 296 g/mol. The summed E-state index contributed by atoms with van der Waals surface area (Å²) in [6.45, 7) is 0. The molecule has 0 saturated carbocycles. The first-order chi connectivity index (χ1) is 7.95. The third kappa shape index (κ3) is 3.87. The minimum Gasteiger partial charge on any atom is -0.469 e. The zero-order chi connectivity index (χ0) is 13.0. The summed E-state index contributed by atoms with van der Waals surface area (Å²) < 4.78 is 4.44. The molecule has 0 saturated heterocycles. The number of carbonyl (C=O) groups is 2. The summed E-state index contributed by atoms with van der Waals surface area (Å²) in [5.41, 5.74) is 0.255. The molecule has 0 radical (unpaired) electrons. The van der Waals surface area contributed by atoms with Gasteiger partial charge in [0, 0.05) is 12.0 Å². The van der Waals surface area contributed by atoms with Crippen LogP contribution >= 0.6 is 34.8 Å². The first-order valence-electron chi connectivity index (χ1n) is 4.70. The van der Waals surface area contributed by atoms with Crippen LogP contribution in [0, 0.1) is 0 Å². The van der Waals surface area contributed by atoms with Gasteiger partial charge in [0.15, 0.2) is 5.78 Å². The number of Topliss-reactive ketones (excluding diaryl/α,β-unsaturated/α-hetero) is 1. The molecule has 0 unspecified atom stereocenters. The Kier molecular flexibility index (Phi) is 5.25. The first-order valence-corrected chi connectivity index (χ1v) is 5.83. The highest BCUT2D eigenvalue weighted by molar-refractivity contribution is 6.44. The van der Waals surface area contributed by atoms with Crippen LogP contribution in [0.3, 0.4) is 0 Å². The molecule has 0 heterocycles. The number of hydrogen-bond donors (Lipinski definition) is 0. The Morgan fingerprint density at radius 1 is 1.06 bits per heavy atom. The molecule has 0 bridgehead atoms. The quantitative estimate of drug-likeness (QED) is 0.482. The lowest BCUT2D eigenvalue weighted by molar-refractivity contribution is -0.140. The van der Waals surface area contributed by atoms with Crippen LogP contribution in [0.1, 0.15) is 23.2 Å². The van der Waals surface area contributed by atoms with Crippen LogP contribution in [0.5, 0.6) is 0 Å². The van der Waals surface area contributed by atoms with Crippen molar-refractivity contribution in [3.8, 4) is 0 Å². The second kappa shape index (κ2) is 6.24. The van der Waals surface area contributed by atoms with E-state index in [1.165, 1.54) is 19.2 Å². The Bertz CT molecular complexity index is 458. The van der Waals surface area contributed by atoms with Crippen molar-refractivity contribution in [1.29, 1.82) is 0 Å². The third-order valence-corrected chi connectivity index (χ3v) is 3.13. The van der Waals surface area contributed by atoms with E-state index in [9.17, 15) is 9.59 Å². The lowest BCUT2D eigenvalue weighted by Crippen LogP contribution is -2.06. The van der Waals surface area contributed by atoms with Crippen LogP contribution in [0.25, 0.3) is 0 Å². The van der Waals surface area contributed by atoms with Crippen molar-refractivity contribution in [2.24, 2.45) is 0 Å². The van der Waals surface area contributed by atoms with E-state index < -0.39 is 5.97 Å². The number of rotatable bonds is 4. The summed E-state index contributed by atoms with van der Waals surface area (Å²) in [5, 5.41) is 0.743. The molecule has 1 rings (SSSR count). The largest absolute Gasteiger partial charge is 0.469 e. The summed E-state index contributed by atoms with van der Waals surface area (Å²) in [5.74, 6) is -0.728. The maximum absolute atomic E-state index is 11.8. The first kappa shape index (κ1) is 14.3. The van der Waals surface area contributed by atoms with Crippen molar-refractivity contribution < 1.29 is 14.3 Å². The summed E-state index contributed by atoms with van der Waals surface area (Å²) >= 11 is 17.4. The molecule has 0 aliphatic heterocycles. The van der Waals surface area contributed by atoms with Crippen LogP contribution in [0.4, 0.5) is 0 Å². The van der Waals surface area contributed by atoms with Gasteiger partial charge in [0.1, 0.15) is 0 Å². The molecule has 1 aromatic rings. The molecular weight excluding hydrogens is 286 g/mol. The van der Waals surface area contributed by atoms with Gasteiger partial charge in [0.2, 0.25) is 0 Å². The fourth-order valence-corrected chi connectivity index (χ4v) is 1.84. The van der Waals surface area contributed by atoms with Gasteiger partial charge < -0.3 is 4.74 Å². The van der Waals surface area contributed by atoms with Crippen molar-refractivity contribution in [2.45, 2.75) is 12.8 Å². The summed E-state index contributed by atoms with van der Waals surface area (Å²) in [6, 6.07) is 2.79. The monoisotopic (exact) mass is 294 g/mol. The number of esters is 1. The fourth-order valence-electron chi connectivity index (χ4n) is 1.19. The van der Waals surface area contributed by atoms with E-state index in [4.69, 9.17) is 34.8 Å². The average Bonchev–Trinajstić information content (AvgIpc) is 2.30. The minimum atomic E-state index is -0.450. The predicted octanol–water partition coefficient (Wildman–Crippen LogP) is 3.78. The molecule has 17 heavy (non-hydrogen) atoms. The SMILES string of the molecule is COC(=O)CCC(=O)c1cc(Cl)c(Cl)cc1Cl. The van der Waals surface area contributed by atoms with Crippen molar-refractivity contribution in [2.75, 3.05) is 7.11 Å². The van der Waals surface area contributed by atoms with Gasteiger partial charge in [-0.3, -0.25) is 9.59 Å². The van der Waals surface area contributed by atoms with Crippen molar-refractivity contribution in [3.63, 3.8) is 0 Å². The standard InChI is InChI=1S/C11H9Cl3O3/c1-17-11(16)3-2-10(15)6-4-8(13)9(14)5-7(6)12/h4-5H,2-3H2,1H3. The van der Waals surface area contributed by atoms with Crippen molar-refractivity contribution in [3.05, 3.63) is 32.8 Å². The van der Waals surface area contributed by atoms with Gasteiger partial charge in [-0.05, 0) is 12.1 Å². The van der Waals surface area contributed by atoms with Gasteiger partial charge in [-0.2, -0.15) is 0 Å². The highest BCUT2D eigenvalue weighted by Crippen LogP contribution is 2.29. The van der Waals surface area contributed by atoms with Gasteiger partial charge in [0.05, 0.1) is 28.6 Å². The molecule has 0 atom stereocenters. The summed E-state index contributed by atoms with van der Waals surface area (Å²) in [6.07, 6.45) is 0.0241. The van der Waals surface area contributed by atoms with Crippen LogP contribution in [0.2, 0.25) is 15.1 Å². The van der Waals surface area contributed by atoms with Crippen LogP contribution in [-0.4, -0.2) is 18.9 Å². The lowest BCUT2D eigenvalue weighted by Gasteiger charge is -2.05. The molecular formula is C11H9Cl3O3. The van der Waals surface area contributed by atoms with E-state index >= 15 is 0 Å². The van der Waals surface area contributed by atoms with Crippen LogP contribution in [0.15, 0.2) is 12.1 Å². The predicted molar refractivity (Wildman–Crippen MR) is 67.1 cm³/mol. The summed E-state index contributed by atoms with van der Waals surface area (Å²) in [4.78, 5) is 22.7. The molecule has 0 N–H and O–H groups in total. The number of ketones is 1. The van der Waals surface area contributed by atoms with Gasteiger partial charge in [-0.15, -0.1) is 0 Å². The highest BCUT2D eigenvalue weighted by Gasteiger charge is 2.14. The van der Waals surface area contributed by atoms with Crippen LogP contribution < -0.4 is 0 Å². The van der Waals surface area contributed by atoms with E-state index in [1.807, 2.05) is 0 Å². The molecule has 0 aliphatic rings. The molecule has 92 valence electrons. The van der Waals surface area contributed by atoms with Crippen molar-refractivity contribution >= 4 is 46.6 Å². The Labute approximate surface area is 114 Å². The Hall–Kier alpha value is -0.770. The maximum Gasteiger partial charge on any atom is 0.305 e. The number of benzene rings is 1. The minimum absolute atomic E-state index is 0.00586. The molecule has 0 fully saturated rings. The van der Waals surface area contributed by atoms with Crippen molar-refractivity contribution in [1.82, 2.24) is 0 Å². The smallest absolute Gasteiger partial charge is 0.305 e. The normalized spacial score (nSPS) is 10.1. The van der Waals surface area contributed by atoms with Gasteiger partial charge in [-0.1, -0.05) is 34.8 Å². The summed E-state index contributed by atoms with van der Waals surface area (Å²) in [7, 11) is 1.26. The Balaban J connectivity index is 2.82. The topological polar surface area (TPSA) is 43.4 Å². The Morgan fingerprint density at radius 3 is 2.24 bits per heavy atom. The molecule has 3 nitrogen and oxygen atoms in total. The zero-order valence-electron chi connectivity index (χ0n) is 8.93. The third-order valence-electron chi connectivity index (χ3n) is 2.09.